The number of benzene rings is 1. The van der Waals surface area contributed by atoms with Crippen molar-refractivity contribution in [2.75, 3.05) is 26.1 Å². The lowest BCUT2D eigenvalue weighted by Gasteiger charge is -2.26. The van der Waals surface area contributed by atoms with E-state index in [0.29, 0.717) is 5.92 Å². The van der Waals surface area contributed by atoms with E-state index >= 15 is 0 Å². The smallest absolute Gasteiger partial charge is 0.164 e. The number of fused-ring (bicyclic) bond motifs is 1. The van der Waals surface area contributed by atoms with Crippen LogP contribution in [0.3, 0.4) is 0 Å². The Morgan fingerprint density at radius 3 is 2.95 bits per heavy atom. The Morgan fingerprint density at radius 1 is 1.33 bits per heavy atom. The van der Waals surface area contributed by atoms with Crippen molar-refractivity contribution in [1.29, 1.82) is 0 Å². The Hall–Kier alpha value is -2.23. The second kappa shape index (κ2) is 6.04. The van der Waals surface area contributed by atoms with E-state index in [0.717, 1.165) is 36.8 Å². The summed E-state index contributed by atoms with van der Waals surface area (Å²) in [6.07, 6.45) is 3.93. The topological polar surface area (TPSA) is 43.4 Å². The van der Waals surface area contributed by atoms with Crippen molar-refractivity contribution in [2.45, 2.75) is 12.8 Å². The highest BCUT2D eigenvalue weighted by molar-refractivity contribution is 5.47. The number of hydrogen-bond donors (Lipinski definition) is 1. The third-order valence-electron chi connectivity index (χ3n) is 3.86. The summed E-state index contributed by atoms with van der Waals surface area (Å²) >= 11 is 0. The molecule has 2 aromatic rings. The fraction of sp³-hybridized carbons (Fsp3) is 0.353. The van der Waals surface area contributed by atoms with E-state index in [1.54, 1.807) is 7.11 Å². The standard InChI is InChI=1S/C17H20N2O2/c1-18-16-7-6-12(10-19-16)8-13-9-14-4-3-5-15(20-2)17(14)21-11-13/h3-7,10,13H,8-9,11H2,1-2H3,(H,18,19)/t13-/m0/s1. The van der Waals surface area contributed by atoms with Gasteiger partial charge < -0.3 is 14.8 Å². The molecule has 0 bridgehead atoms. The minimum absolute atomic E-state index is 0.479. The first-order valence-corrected chi connectivity index (χ1v) is 7.21. The lowest BCUT2D eigenvalue weighted by Crippen LogP contribution is -2.23. The van der Waals surface area contributed by atoms with Crippen molar-refractivity contribution in [3.05, 3.63) is 47.7 Å². The fourth-order valence-electron chi connectivity index (χ4n) is 2.78. The van der Waals surface area contributed by atoms with Gasteiger partial charge in [-0.2, -0.15) is 0 Å². The first-order chi connectivity index (χ1) is 10.3. The normalized spacial score (nSPS) is 16.8. The third-order valence-corrected chi connectivity index (χ3v) is 3.86. The van der Waals surface area contributed by atoms with Crippen LogP contribution in [-0.2, 0) is 12.8 Å². The first kappa shape index (κ1) is 13.7. The molecule has 1 aliphatic rings. The number of rotatable bonds is 4. The minimum Gasteiger partial charge on any atom is -0.493 e. The van der Waals surface area contributed by atoms with Crippen LogP contribution < -0.4 is 14.8 Å². The van der Waals surface area contributed by atoms with Crippen molar-refractivity contribution in [3.8, 4) is 11.5 Å². The second-order valence-corrected chi connectivity index (χ2v) is 5.34. The third kappa shape index (κ3) is 2.94. The molecule has 1 aromatic carbocycles. The number of nitrogens with zero attached hydrogens (tertiary/aromatic N) is 1. The summed E-state index contributed by atoms with van der Waals surface area (Å²) in [5.41, 5.74) is 2.47. The number of para-hydroxylation sites is 1. The van der Waals surface area contributed by atoms with Gasteiger partial charge in [0.05, 0.1) is 13.7 Å². The molecule has 0 aliphatic carbocycles. The average molecular weight is 284 g/mol. The van der Waals surface area contributed by atoms with Crippen molar-refractivity contribution in [3.63, 3.8) is 0 Å². The molecular formula is C17H20N2O2. The van der Waals surface area contributed by atoms with E-state index in [-0.39, 0.29) is 0 Å². The maximum Gasteiger partial charge on any atom is 0.164 e. The largest absolute Gasteiger partial charge is 0.493 e. The molecule has 0 saturated heterocycles. The van der Waals surface area contributed by atoms with Crippen LogP contribution in [0.25, 0.3) is 0 Å². The first-order valence-electron chi connectivity index (χ1n) is 7.21. The van der Waals surface area contributed by atoms with Gasteiger partial charge in [-0.05, 0) is 36.1 Å². The van der Waals surface area contributed by atoms with Gasteiger partial charge in [0.1, 0.15) is 5.82 Å². The molecule has 1 aromatic heterocycles. The molecule has 1 aliphatic heterocycles. The number of nitrogens with one attached hydrogen (secondary N) is 1. The molecule has 1 atom stereocenters. The molecular weight excluding hydrogens is 264 g/mol. The van der Waals surface area contributed by atoms with E-state index < -0.39 is 0 Å². The molecule has 2 heterocycles. The minimum atomic E-state index is 0.479. The van der Waals surface area contributed by atoms with Crippen molar-refractivity contribution < 1.29 is 9.47 Å². The summed E-state index contributed by atoms with van der Waals surface area (Å²) < 4.78 is 11.3. The van der Waals surface area contributed by atoms with Crippen LogP contribution in [0.1, 0.15) is 11.1 Å². The van der Waals surface area contributed by atoms with Crippen LogP contribution in [-0.4, -0.2) is 25.7 Å². The fourth-order valence-corrected chi connectivity index (χ4v) is 2.78. The average Bonchev–Trinajstić information content (AvgIpc) is 2.54. The molecule has 4 nitrogen and oxygen atoms in total. The molecule has 0 saturated carbocycles. The maximum atomic E-state index is 5.92. The Labute approximate surface area is 125 Å². The summed E-state index contributed by atoms with van der Waals surface area (Å²) in [7, 11) is 3.56. The van der Waals surface area contributed by atoms with Gasteiger partial charge in [-0.1, -0.05) is 18.2 Å². The van der Waals surface area contributed by atoms with Gasteiger partial charge in [0.2, 0.25) is 0 Å². The predicted octanol–water partition coefficient (Wildman–Crippen LogP) is 2.93. The Bertz CT molecular complexity index is 611. The number of aromatic nitrogens is 1. The summed E-state index contributed by atoms with van der Waals surface area (Å²) in [5, 5.41) is 3.03. The summed E-state index contributed by atoms with van der Waals surface area (Å²) in [6, 6.07) is 10.2. The summed E-state index contributed by atoms with van der Waals surface area (Å²) in [4.78, 5) is 4.36. The Kier molecular flexibility index (Phi) is 3.95. The lowest BCUT2D eigenvalue weighted by atomic mass is 9.91. The molecule has 21 heavy (non-hydrogen) atoms. The molecule has 0 fully saturated rings. The van der Waals surface area contributed by atoms with Gasteiger partial charge in [0, 0.05) is 19.2 Å². The Balaban J connectivity index is 1.71. The van der Waals surface area contributed by atoms with Crippen LogP contribution in [0.15, 0.2) is 36.5 Å². The number of ether oxygens (including phenoxy) is 2. The molecule has 0 spiro atoms. The number of hydrogen-bond acceptors (Lipinski definition) is 4. The van der Waals surface area contributed by atoms with E-state index in [4.69, 9.17) is 9.47 Å². The number of anilines is 1. The zero-order valence-corrected chi connectivity index (χ0v) is 12.4. The van der Waals surface area contributed by atoms with Crippen molar-refractivity contribution in [1.82, 2.24) is 4.98 Å². The quantitative estimate of drug-likeness (QED) is 0.937. The number of pyridine rings is 1. The molecule has 0 radical (unpaired) electrons. The van der Waals surface area contributed by atoms with Gasteiger partial charge in [0.15, 0.2) is 11.5 Å². The summed E-state index contributed by atoms with van der Waals surface area (Å²) in [6.45, 7) is 0.723. The van der Waals surface area contributed by atoms with Crippen LogP contribution in [0.5, 0.6) is 11.5 Å². The zero-order chi connectivity index (χ0) is 14.7. The zero-order valence-electron chi connectivity index (χ0n) is 12.4. The van der Waals surface area contributed by atoms with E-state index in [1.807, 2.05) is 31.4 Å². The molecule has 4 heteroatoms. The van der Waals surface area contributed by atoms with Gasteiger partial charge in [-0.3, -0.25) is 0 Å². The molecule has 0 amide bonds. The molecule has 110 valence electrons. The van der Waals surface area contributed by atoms with Crippen molar-refractivity contribution in [2.24, 2.45) is 5.92 Å². The van der Waals surface area contributed by atoms with Gasteiger partial charge in [-0.15, -0.1) is 0 Å². The van der Waals surface area contributed by atoms with E-state index in [1.165, 1.54) is 11.1 Å². The highest BCUT2D eigenvalue weighted by Crippen LogP contribution is 2.36. The van der Waals surface area contributed by atoms with Crippen LogP contribution in [0.4, 0.5) is 5.82 Å². The monoisotopic (exact) mass is 284 g/mol. The molecule has 3 rings (SSSR count). The van der Waals surface area contributed by atoms with Crippen LogP contribution >= 0.6 is 0 Å². The van der Waals surface area contributed by atoms with E-state index in [9.17, 15) is 0 Å². The molecule has 0 unspecified atom stereocenters. The van der Waals surface area contributed by atoms with Gasteiger partial charge in [-0.25, -0.2) is 4.98 Å². The predicted molar refractivity (Wildman–Crippen MR) is 83.2 cm³/mol. The van der Waals surface area contributed by atoms with Crippen molar-refractivity contribution >= 4 is 5.82 Å². The summed E-state index contributed by atoms with van der Waals surface area (Å²) in [5.74, 6) is 3.10. The highest BCUT2D eigenvalue weighted by atomic mass is 16.5. The lowest BCUT2D eigenvalue weighted by molar-refractivity contribution is 0.211. The van der Waals surface area contributed by atoms with Gasteiger partial charge in [0.25, 0.3) is 0 Å². The number of methoxy groups -OCH3 is 1. The molecule has 1 N–H and O–H groups in total. The Morgan fingerprint density at radius 2 is 2.24 bits per heavy atom. The van der Waals surface area contributed by atoms with Crippen LogP contribution in [0.2, 0.25) is 0 Å². The van der Waals surface area contributed by atoms with Crippen LogP contribution in [0, 0.1) is 5.92 Å². The SMILES string of the molecule is CNc1ccc(C[C@@H]2COc3c(cccc3OC)C2)cn1. The maximum absolute atomic E-state index is 5.92. The van der Waals surface area contributed by atoms with Gasteiger partial charge >= 0.3 is 0 Å². The van der Waals surface area contributed by atoms with E-state index in [2.05, 4.69) is 22.4 Å². The highest BCUT2D eigenvalue weighted by Gasteiger charge is 2.22. The second-order valence-electron chi connectivity index (χ2n) is 5.34.